The van der Waals surface area contributed by atoms with Gasteiger partial charge in [-0.2, -0.15) is 0 Å². The molecule has 1 atom stereocenters. The highest BCUT2D eigenvalue weighted by molar-refractivity contribution is 14.1. The van der Waals surface area contributed by atoms with Crippen LogP contribution in [0, 0.1) is 9.49 Å². The Kier molecular flexibility index (Phi) is 6.55. The van der Waals surface area contributed by atoms with Gasteiger partial charge in [0.25, 0.3) is 0 Å². The van der Waals surface area contributed by atoms with Crippen molar-refractivity contribution < 1.29 is 4.79 Å². The zero-order valence-electron chi connectivity index (χ0n) is 10.5. The van der Waals surface area contributed by atoms with Crippen LogP contribution in [0.25, 0.3) is 0 Å². The third kappa shape index (κ3) is 4.66. The first-order chi connectivity index (χ1) is 8.19. The molecule has 1 rings (SSSR count). The summed E-state index contributed by atoms with van der Waals surface area (Å²) in [6, 6.07) is 7.88. The summed E-state index contributed by atoms with van der Waals surface area (Å²) in [6.45, 7) is 4.24. The van der Waals surface area contributed by atoms with E-state index in [2.05, 4.69) is 41.8 Å². The second kappa shape index (κ2) is 7.69. The van der Waals surface area contributed by atoms with Gasteiger partial charge in [-0.05, 0) is 47.6 Å². The first kappa shape index (κ1) is 14.5. The lowest BCUT2D eigenvalue weighted by Gasteiger charge is -2.15. The Morgan fingerprint density at radius 1 is 1.35 bits per heavy atom. The average Bonchev–Trinajstić information content (AvgIpc) is 2.33. The Hall–Kier alpha value is -0.580. The van der Waals surface area contributed by atoms with Crippen molar-refractivity contribution in [3.63, 3.8) is 0 Å². The van der Waals surface area contributed by atoms with Gasteiger partial charge in [0.1, 0.15) is 0 Å². The second-order valence-electron chi connectivity index (χ2n) is 4.22. The molecule has 0 aliphatic carbocycles. The average molecular weight is 345 g/mol. The van der Waals surface area contributed by atoms with Gasteiger partial charge in [-0.25, -0.2) is 0 Å². The summed E-state index contributed by atoms with van der Waals surface area (Å²) in [4.78, 5) is 12.1. The second-order valence-corrected chi connectivity index (χ2v) is 5.38. The molecule has 0 heterocycles. The van der Waals surface area contributed by atoms with Crippen molar-refractivity contribution in [3.05, 3.63) is 27.8 Å². The highest BCUT2D eigenvalue weighted by Crippen LogP contribution is 2.20. The fourth-order valence-corrected chi connectivity index (χ4v) is 2.29. The number of benzene rings is 1. The van der Waals surface area contributed by atoms with Crippen molar-refractivity contribution in [2.24, 2.45) is 5.92 Å². The molecular formula is C14H20INO. The minimum Gasteiger partial charge on any atom is -0.325 e. The van der Waals surface area contributed by atoms with E-state index in [1.165, 1.54) is 0 Å². The third-order valence-corrected chi connectivity index (χ3v) is 3.84. The van der Waals surface area contributed by atoms with Crippen LogP contribution in [-0.2, 0) is 4.79 Å². The van der Waals surface area contributed by atoms with E-state index in [1.807, 2.05) is 24.3 Å². The SMILES string of the molecule is CCCC[C@@H](CC)C(=O)Nc1ccccc1I. The molecule has 1 aromatic carbocycles. The number of anilines is 1. The molecule has 0 spiro atoms. The summed E-state index contributed by atoms with van der Waals surface area (Å²) >= 11 is 2.24. The number of nitrogens with one attached hydrogen (secondary N) is 1. The Balaban J connectivity index is 2.61. The smallest absolute Gasteiger partial charge is 0.227 e. The molecule has 1 aromatic rings. The number of para-hydroxylation sites is 1. The maximum atomic E-state index is 12.1. The fraction of sp³-hybridized carbons (Fsp3) is 0.500. The summed E-state index contributed by atoms with van der Waals surface area (Å²) in [6.07, 6.45) is 4.17. The summed E-state index contributed by atoms with van der Waals surface area (Å²) in [7, 11) is 0. The van der Waals surface area contributed by atoms with Crippen LogP contribution in [0.3, 0.4) is 0 Å². The van der Waals surface area contributed by atoms with Crippen molar-refractivity contribution >= 4 is 34.2 Å². The Bertz CT molecular complexity index is 365. The lowest BCUT2D eigenvalue weighted by Crippen LogP contribution is -2.22. The van der Waals surface area contributed by atoms with Crippen LogP contribution in [0.5, 0.6) is 0 Å². The van der Waals surface area contributed by atoms with Gasteiger partial charge in [0.05, 0.1) is 5.69 Å². The molecule has 0 radical (unpaired) electrons. The standard InChI is InChI=1S/C14H20INO/c1-3-5-8-11(4-2)14(17)16-13-10-7-6-9-12(13)15/h6-7,9-11H,3-5,8H2,1-2H3,(H,16,17)/t11-/m1/s1. The van der Waals surface area contributed by atoms with E-state index in [0.717, 1.165) is 34.9 Å². The number of unbranched alkanes of at least 4 members (excludes halogenated alkanes) is 1. The van der Waals surface area contributed by atoms with Crippen molar-refractivity contribution in [2.75, 3.05) is 5.32 Å². The van der Waals surface area contributed by atoms with Gasteiger partial charge in [0.2, 0.25) is 5.91 Å². The lowest BCUT2D eigenvalue weighted by atomic mass is 9.98. The molecule has 94 valence electrons. The molecule has 0 fully saturated rings. The van der Waals surface area contributed by atoms with Crippen LogP contribution < -0.4 is 5.32 Å². The molecule has 0 saturated heterocycles. The number of halogens is 1. The highest BCUT2D eigenvalue weighted by atomic mass is 127. The number of carbonyl (C=O) groups is 1. The molecule has 0 aromatic heterocycles. The molecular weight excluding hydrogens is 325 g/mol. The zero-order chi connectivity index (χ0) is 12.7. The van der Waals surface area contributed by atoms with E-state index in [-0.39, 0.29) is 11.8 Å². The maximum absolute atomic E-state index is 12.1. The summed E-state index contributed by atoms with van der Waals surface area (Å²) in [5.74, 6) is 0.302. The molecule has 17 heavy (non-hydrogen) atoms. The normalized spacial score (nSPS) is 12.2. The number of amides is 1. The van der Waals surface area contributed by atoms with Crippen molar-refractivity contribution in [1.82, 2.24) is 0 Å². The minimum absolute atomic E-state index is 0.144. The molecule has 0 aliphatic heterocycles. The molecule has 3 heteroatoms. The number of hydrogen-bond acceptors (Lipinski definition) is 1. The monoisotopic (exact) mass is 345 g/mol. The van der Waals surface area contributed by atoms with Gasteiger partial charge in [-0.15, -0.1) is 0 Å². The Labute approximate surface area is 117 Å². The molecule has 1 amide bonds. The number of carbonyl (C=O) groups excluding carboxylic acids is 1. The largest absolute Gasteiger partial charge is 0.325 e. The van der Waals surface area contributed by atoms with Gasteiger partial charge in [0, 0.05) is 9.49 Å². The molecule has 1 N–H and O–H groups in total. The van der Waals surface area contributed by atoms with Gasteiger partial charge in [0.15, 0.2) is 0 Å². The van der Waals surface area contributed by atoms with Gasteiger partial charge < -0.3 is 5.32 Å². The van der Waals surface area contributed by atoms with Crippen LogP contribution >= 0.6 is 22.6 Å². The third-order valence-electron chi connectivity index (χ3n) is 2.90. The zero-order valence-corrected chi connectivity index (χ0v) is 12.7. The van der Waals surface area contributed by atoms with Crippen LogP contribution in [0.15, 0.2) is 24.3 Å². The van der Waals surface area contributed by atoms with E-state index in [1.54, 1.807) is 0 Å². The number of rotatable bonds is 6. The predicted octanol–water partition coefficient (Wildman–Crippen LogP) is 4.45. The van der Waals surface area contributed by atoms with Crippen molar-refractivity contribution in [2.45, 2.75) is 39.5 Å². The molecule has 0 aliphatic rings. The molecule has 0 bridgehead atoms. The quantitative estimate of drug-likeness (QED) is 0.759. The fourth-order valence-electron chi connectivity index (χ4n) is 1.77. The first-order valence-electron chi connectivity index (χ1n) is 6.24. The van der Waals surface area contributed by atoms with Crippen LogP contribution in [0.1, 0.15) is 39.5 Å². The van der Waals surface area contributed by atoms with E-state index in [9.17, 15) is 4.79 Å². The highest BCUT2D eigenvalue weighted by Gasteiger charge is 2.16. The molecule has 0 saturated carbocycles. The van der Waals surface area contributed by atoms with Crippen LogP contribution in [-0.4, -0.2) is 5.91 Å². The van der Waals surface area contributed by atoms with Gasteiger partial charge in [-0.3, -0.25) is 4.79 Å². The topological polar surface area (TPSA) is 29.1 Å². The maximum Gasteiger partial charge on any atom is 0.227 e. The predicted molar refractivity (Wildman–Crippen MR) is 81.1 cm³/mol. The van der Waals surface area contributed by atoms with Crippen LogP contribution in [0.2, 0.25) is 0 Å². The summed E-state index contributed by atoms with van der Waals surface area (Å²) < 4.78 is 1.09. The van der Waals surface area contributed by atoms with E-state index < -0.39 is 0 Å². The first-order valence-corrected chi connectivity index (χ1v) is 7.32. The molecule has 0 unspecified atom stereocenters. The Morgan fingerprint density at radius 2 is 2.06 bits per heavy atom. The van der Waals surface area contributed by atoms with Crippen molar-refractivity contribution in [3.8, 4) is 0 Å². The summed E-state index contributed by atoms with van der Waals surface area (Å²) in [5.41, 5.74) is 0.924. The Morgan fingerprint density at radius 3 is 2.65 bits per heavy atom. The lowest BCUT2D eigenvalue weighted by molar-refractivity contribution is -0.120. The van der Waals surface area contributed by atoms with E-state index in [0.29, 0.717) is 0 Å². The van der Waals surface area contributed by atoms with Gasteiger partial charge in [-0.1, -0.05) is 38.8 Å². The van der Waals surface area contributed by atoms with Crippen molar-refractivity contribution in [1.29, 1.82) is 0 Å². The minimum atomic E-state index is 0.144. The number of hydrogen-bond donors (Lipinski definition) is 1. The molecule has 2 nitrogen and oxygen atoms in total. The van der Waals surface area contributed by atoms with Gasteiger partial charge >= 0.3 is 0 Å². The van der Waals surface area contributed by atoms with E-state index >= 15 is 0 Å². The summed E-state index contributed by atoms with van der Waals surface area (Å²) in [5, 5.41) is 3.02. The van der Waals surface area contributed by atoms with E-state index in [4.69, 9.17) is 0 Å². The van der Waals surface area contributed by atoms with Crippen LogP contribution in [0.4, 0.5) is 5.69 Å².